The largest absolute Gasteiger partial charge is 0.291 e. The van der Waals surface area contributed by atoms with Gasteiger partial charge in [-0.15, -0.1) is 11.6 Å². The van der Waals surface area contributed by atoms with Crippen LogP contribution >= 0.6 is 27.5 Å². The van der Waals surface area contributed by atoms with E-state index in [1.807, 2.05) is 25.1 Å². The Hall–Kier alpha value is -1.20. The second-order valence-corrected chi connectivity index (χ2v) is 6.16. The standard InChI is InChI=1S/C14H14BrClN2O2/c1-2-3-10(16)7-12-11-6-9(15)4-5-13(11)17-8-14(12)18(19)20/h4-6,8,10H,2-3,7H2,1H3. The van der Waals surface area contributed by atoms with Gasteiger partial charge in [-0.2, -0.15) is 0 Å². The monoisotopic (exact) mass is 356 g/mol. The quantitative estimate of drug-likeness (QED) is 0.436. The number of fused-ring (bicyclic) bond motifs is 1. The minimum absolute atomic E-state index is 0.0392. The van der Waals surface area contributed by atoms with Crippen molar-refractivity contribution in [2.45, 2.75) is 31.6 Å². The lowest BCUT2D eigenvalue weighted by molar-refractivity contribution is -0.385. The van der Waals surface area contributed by atoms with Crippen molar-refractivity contribution >= 4 is 44.1 Å². The van der Waals surface area contributed by atoms with Crippen molar-refractivity contribution < 1.29 is 4.92 Å². The highest BCUT2D eigenvalue weighted by Gasteiger charge is 2.20. The SMILES string of the molecule is CCCC(Cl)Cc1c([N+](=O)[O-])cnc2ccc(Br)cc12. The van der Waals surface area contributed by atoms with E-state index in [1.54, 1.807) is 0 Å². The highest BCUT2D eigenvalue weighted by Crippen LogP contribution is 2.30. The molecular weight excluding hydrogens is 344 g/mol. The lowest BCUT2D eigenvalue weighted by Gasteiger charge is -2.11. The number of hydrogen-bond acceptors (Lipinski definition) is 3. The first-order valence-electron chi connectivity index (χ1n) is 6.38. The van der Waals surface area contributed by atoms with Crippen LogP contribution in [0.1, 0.15) is 25.3 Å². The zero-order chi connectivity index (χ0) is 14.7. The number of alkyl halides is 1. The first-order chi connectivity index (χ1) is 9.52. The topological polar surface area (TPSA) is 56.0 Å². The number of rotatable bonds is 5. The van der Waals surface area contributed by atoms with Crippen molar-refractivity contribution in [1.29, 1.82) is 0 Å². The molecule has 1 heterocycles. The van der Waals surface area contributed by atoms with Gasteiger partial charge < -0.3 is 0 Å². The van der Waals surface area contributed by atoms with Crippen molar-refractivity contribution in [1.82, 2.24) is 4.98 Å². The van der Waals surface area contributed by atoms with Crippen molar-refractivity contribution in [3.63, 3.8) is 0 Å². The fourth-order valence-electron chi connectivity index (χ4n) is 2.22. The fourth-order valence-corrected chi connectivity index (χ4v) is 2.95. The van der Waals surface area contributed by atoms with Gasteiger partial charge in [0.1, 0.15) is 6.20 Å². The van der Waals surface area contributed by atoms with Crippen LogP contribution in [-0.2, 0) is 6.42 Å². The third kappa shape index (κ3) is 3.27. The van der Waals surface area contributed by atoms with E-state index >= 15 is 0 Å². The normalized spacial score (nSPS) is 12.6. The van der Waals surface area contributed by atoms with Crippen LogP contribution in [0.3, 0.4) is 0 Å². The summed E-state index contributed by atoms with van der Waals surface area (Å²) in [6.07, 6.45) is 3.58. The number of halogens is 2. The Morgan fingerprint density at radius 1 is 1.50 bits per heavy atom. The van der Waals surface area contributed by atoms with Crippen LogP contribution in [0.4, 0.5) is 5.69 Å². The fraction of sp³-hybridized carbons (Fsp3) is 0.357. The molecule has 2 aromatic rings. The molecule has 0 aliphatic heterocycles. The summed E-state index contributed by atoms with van der Waals surface area (Å²) in [5, 5.41) is 11.9. The Balaban J connectivity index is 2.58. The zero-order valence-electron chi connectivity index (χ0n) is 11.0. The van der Waals surface area contributed by atoms with E-state index in [-0.39, 0.29) is 11.1 Å². The summed E-state index contributed by atoms with van der Waals surface area (Å²) in [7, 11) is 0. The predicted octanol–water partition coefficient (Wildman–Crippen LogP) is 4.86. The van der Waals surface area contributed by atoms with Gasteiger partial charge in [-0.1, -0.05) is 29.3 Å². The number of benzene rings is 1. The van der Waals surface area contributed by atoms with E-state index in [0.717, 1.165) is 28.2 Å². The maximum absolute atomic E-state index is 11.2. The number of nitro groups is 1. The van der Waals surface area contributed by atoms with Crippen molar-refractivity contribution in [3.05, 3.63) is 44.5 Å². The molecule has 0 radical (unpaired) electrons. The lowest BCUT2D eigenvalue weighted by Crippen LogP contribution is -2.07. The number of pyridine rings is 1. The van der Waals surface area contributed by atoms with E-state index in [9.17, 15) is 10.1 Å². The summed E-state index contributed by atoms with van der Waals surface area (Å²) >= 11 is 9.67. The summed E-state index contributed by atoms with van der Waals surface area (Å²) in [6.45, 7) is 2.05. The number of hydrogen-bond donors (Lipinski definition) is 0. The minimum atomic E-state index is -0.391. The Kier molecular flexibility index (Phi) is 4.94. The van der Waals surface area contributed by atoms with Gasteiger partial charge in [0.05, 0.1) is 10.4 Å². The molecule has 20 heavy (non-hydrogen) atoms. The van der Waals surface area contributed by atoms with Gasteiger partial charge in [0.2, 0.25) is 0 Å². The zero-order valence-corrected chi connectivity index (χ0v) is 13.3. The van der Waals surface area contributed by atoms with Gasteiger partial charge in [-0.3, -0.25) is 10.1 Å². The molecule has 1 aromatic carbocycles. The molecule has 0 N–H and O–H groups in total. The molecule has 106 valence electrons. The van der Waals surface area contributed by atoms with Crippen molar-refractivity contribution in [2.24, 2.45) is 0 Å². The molecule has 0 bridgehead atoms. The van der Waals surface area contributed by atoms with Gasteiger partial charge in [0.25, 0.3) is 5.69 Å². The third-order valence-corrected chi connectivity index (χ3v) is 4.01. The third-order valence-electron chi connectivity index (χ3n) is 3.14. The average molecular weight is 358 g/mol. The summed E-state index contributed by atoms with van der Waals surface area (Å²) in [5.41, 5.74) is 1.45. The molecule has 0 aliphatic carbocycles. The molecule has 0 amide bonds. The molecule has 0 saturated heterocycles. The van der Waals surface area contributed by atoms with Crippen LogP contribution in [0.5, 0.6) is 0 Å². The van der Waals surface area contributed by atoms with Gasteiger partial charge in [0.15, 0.2) is 0 Å². The summed E-state index contributed by atoms with van der Waals surface area (Å²) < 4.78 is 0.871. The molecule has 2 rings (SSSR count). The van der Waals surface area contributed by atoms with Crippen LogP contribution in [0.15, 0.2) is 28.9 Å². The Morgan fingerprint density at radius 2 is 2.25 bits per heavy atom. The molecular formula is C14H14BrClN2O2. The van der Waals surface area contributed by atoms with Gasteiger partial charge in [-0.25, -0.2) is 4.98 Å². The Morgan fingerprint density at radius 3 is 2.90 bits per heavy atom. The average Bonchev–Trinajstić information content (AvgIpc) is 2.39. The van der Waals surface area contributed by atoms with E-state index in [2.05, 4.69) is 20.9 Å². The highest BCUT2D eigenvalue weighted by molar-refractivity contribution is 9.10. The lowest BCUT2D eigenvalue weighted by atomic mass is 10.0. The summed E-state index contributed by atoms with van der Waals surface area (Å²) in [6, 6.07) is 5.57. The highest BCUT2D eigenvalue weighted by atomic mass is 79.9. The molecule has 0 saturated carbocycles. The molecule has 1 unspecified atom stereocenters. The molecule has 0 aliphatic rings. The first kappa shape index (κ1) is 15.2. The van der Waals surface area contributed by atoms with Crippen LogP contribution in [-0.4, -0.2) is 15.3 Å². The predicted molar refractivity (Wildman–Crippen MR) is 84.4 cm³/mol. The summed E-state index contributed by atoms with van der Waals surface area (Å²) in [5.74, 6) is 0. The number of nitrogens with zero attached hydrogens (tertiary/aromatic N) is 2. The Labute approximate surface area is 130 Å². The second-order valence-electron chi connectivity index (χ2n) is 4.63. The van der Waals surface area contributed by atoms with Gasteiger partial charge in [-0.05, 0) is 31.0 Å². The first-order valence-corrected chi connectivity index (χ1v) is 7.61. The van der Waals surface area contributed by atoms with Crippen LogP contribution in [0.2, 0.25) is 0 Å². The molecule has 1 atom stereocenters. The van der Waals surface area contributed by atoms with Crippen molar-refractivity contribution in [2.75, 3.05) is 0 Å². The van der Waals surface area contributed by atoms with Crippen LogP contribution < -0.4 is 0 Å². The van der Waals surface area contributed by atoms with Crippen LogP contribution in [0.25, 0.3) is 10.9 Å². The molecule has 6 heteroatoms. The maximum atomic E-state index is 11.2. The molecule has 0 spiro atoms. The van der Waals surface area contributed by atoms with E-state index in [0.29, 0.717) is 12.0 Å². The van der Waals surface area contributed by atoms with Crippen molar-refractivity contribution in [3.8, 4) is 0 Å². The maximum Gasteiger partial charge on any atom is 0.291 e. The molecule has 1 aromatic heterocycles. The van der Waals surface area contributed by atoms with Gasteiger partial charge in [0, 0.05) is 20.8 Å². The van der Waals surface area contributed by atoms with Crippen LogP contribution in [0, 0.1) is 10.1 Å². The molecule has 0 fully saturated rings. The van der Waals surface area contributed by atoms with Gasteiger partial charge >= 0.3 is 0 Å². The minimum Gasteiger partial charge on any atom is -0.258 e. The smallest absolute Gasteiger partial charge is 0.258 e. The van der Waals surface area contributed by atoms with E-state index < -0.39 is 4.92 Å². The van der Waals surface area contributed by atoms with E-state index in [1.165, 1.54) is 6.20 Å². The van der Waals surface area contributed by atoms with E-state index in [4.69, 9.17) is 11.6 Å². The number of aromatic nitrogens is 1. The summed E-state index contributed by atoms with van der Waals surface area (Å²) in [4.78, 5) is 15.0. The Bertz CT molecular complexity index is 648. The molecule has 4 nitrogen and oxygen atoms in total. The second kappa shape index (κ2) is 6.50.